The van der Waals surface area contributed by atoms with E-state index >= 15 is 0 Å². The Morgan fingerprint density at radius 2 is 1.71 bits per heavy atom. The van der Waals surface area contributed by atoms with Crippen LogP contribution in [0.1, 0.15) is 11.1 Å². The molecule has 3 aromatic rings. The van der Waals surface area contributed by atoms with E-state index in [1.165, 1.54) is 0 Å². The molecule has 4 N–H and O–H groups in total. The number of rotatable bonds is 3. The number of ether oxygens (including phenoxy) is 1. The molecule has 0 atom stereocenters. The SMILES string of the molecule is Cc1ccc(Oc2ccccc2-c2nc(N)nc(N)c2C#N)cc1. The summed E-state index contributed by atoms with van der Waals surface area (Å²) in [5, 5.41) is 9.37. The average molecular weight is 317 g/mol. The number of nitrogen functional groups attached to an aromatic ring is 2. The third kappa shape index (κ3) is 2.96. The molecule has 6 nitrogen and oxygen atoms in total. The predicted octanol–water partition coefficient (Wildman–Crippen LogP) is 3.28. The number of hydrogen-bond acceptors (Lipinski definition) is 6. The van der Waals surface area contributed by atoms with Gasteiger partial charge in [-0.15, -0.1) is 0 Å². The van der Waals surface area contributed by atoms with Crippen molar-refractivity contribution in [2.75, 3.05) is 11.5 Å². The number of benzene rings is 2. The van der Waals surface area contributed by atoms with Crippen molar-refractivity contribution < 1.29 is 4.74 Å². The lowest BCUT2D eigenvalue weighted by Crippen LogP contribution is -2.05. The Morgan fingerprint density at radius 1 is 1.00 bits per heavy atom. The van der Waals surface area contributed by atoms with Crippen molar-refractivity contribution in [3.8, 4) is 28.8 Å². The largest absolute Gasteiger partial charge is 0.457 e. The zero-order chi connectivity index (χ0) is 17.1. The van der Waals surface area contributed by atoms with Gasteiger partial charge >= 0.3 is 0 Å². The normalized spacial score (nSPS) is 10.2. The van der Waals surface area contributed by atoms with Crippen LogP contribution in [0.5, 0.6) is 11.5 Å². The van der Waals surface area contributed by atoms with Gasteiger partial charge in [0.15, 0.2) is 0 Å². The Balaban J connectivity index is 2.11. The number of nitrogens with two attached hydrogens (primary N) is 2. The molecule has 0 bridgehead atoms. The Hall–Kier alpha value is -3.59. The maximum Gasteiger partial charge on any atom is 0.222 e. The fourth-order valence-electron chi connectivity index (χ4n) is 2.29. The number of aryl methyl sites for hydroxylation is 1. The molecule has 3 rings (SSSR count). The van der Waals surface area contributed by atoms with E-state index in [0.717, 1.165) is 5.56 Å². The van der Waals surface area contributed by atoms with E-state index in [0.29, 0.717) is 22.8 Å². The number of aromatic nitrogens is 2. The summed E-state index contributed by atoms with van der Waals surface area (Å²) in [7, 11) is 0. The van der Waals surface area contributed by atoms with E-state index in [9.17, 15) is 5.26 Å². The van der Waals surface area contributed by atoms with E-state index < -0.39 is 0 Å². The van der Waals surface area contributed by atoms with Gasteiger partial charge < -0.3 is 16.2 Å². The van der Waals surface area contributed by atoms with Crippen molar-refractivity contribution >= 4 is 11.8 Å². The fourth-order valence-corrected chi connectivity index (χ4v) is 2.29. The number of nitriles is 1. The maximum absolute atomic E-state index is 9.37. The monoisotopic (exact) mass is 317 g/mol. The molecule has 1 aromatic heterocycles. The van der Waals surface area contributed by atoms with Gasteiger partial charge in [0.25, 0.3) is 0 Å². The fraction of sp³-hybridized carbons (Fsp3) is 0.0556. The van der Waals surface area contributed by atoms with Crippen molar-refractivity contribution in [2.24, 2.45) is 0 Å². The summed E-state index contributed by atoms with van der Waals surface area (Å²) in [6, 6.07) is 17.0. The molecular formula is C18H15N5O. The maximum atomic E-state index is 9.37. The van der Waals surface area contributed by atoms with Crippen LogP contribution in [-0.2, 0) is 0 Å². The standard InChI is InChI=1S/C18H15N5O/c1-11-6-8-12(9-7-11)24-15-5-3-2-4-13(15)16-14(10-19)17(20)23-18(21)22-16/h2-9H,1H3,(H4,20,21,22,23). The summed E-state index contributed by atoms with van der Waals surface area (Å²) < 4.78 is 5.95. The summed E-state index contributed by atoms with van der Waals surface area (Å²) >= 11 is 0. The lowest BCUT2D eigenvalue weighted by molar-refractivity contribution is 0.484. The van der Waals surface area contributed by atoms with Gasteiger partial charge in [-0.2, -0.15) is 10.2 Å². The minimum absolute atomic E-state index is 0.00615. The van der Waals surface area contributed by atoms with E-state index in [-0.39, 0.29) is 17.3 Å². The Bertz CT molecular complexity index is 929. The van der Waals surface area contributed by atoms with Crippen LogP contribution in [0.25, 0.3) is 11.3 Å². The number of nitrogens with zero attached hydrogens (tertiary/aromatic N) is 3. The molecule has 0 amide bonds. The molecule has 0 aliphatic heterocycles. The molecule has 0 radical (unpaired) electrons. The molecule has 0 saturated heterocycles. The lowest BCUT2D eigenvalue weighted by Gasteiger charge is -2.12. The molecule has 24 heavy (non-hydrogen) atoms. The number of anilines is 2. The van der Waals surface area contributed by atoms with Crippen LogP contribution >= 0.6 is 0 Å². The van der Waals surface area contributed by atoms with Crippen LogP contribution < -0.4 is 16.2 Å². The smallest absolute Gasteiger partial charge is 0.222 e. The number of para-hydroxylation sites is 1. The average Bonchev–Trinajstić information content (AvgIpc) is 2.57. The van der Waals surface area contributed by atoms with E-state index in [1.54, 1.807) is 12.1 Å². The lowest BCUT2D eigenvalue weighted by atomic mass is 10.1. The third-order valence-corrected chi connectivity index (χ3v) is 3.46. The first-order valence-corrected chi connectivity index (χ1v) is 7.25. The van der Waals surface area contributed by atoms with Crippen LogP contribution in [0.4, 0.5) is 11.8 Å². The Labute approximate surface area is 139 Å². The van der Waals surface area contributed by atoms with Crippen molar-refractivity contribution in [1.29, 1.82) is 5.26 Å². The van der Waals surface area contributed by atoms with Crippen LogP contribution in [0, 0.1) is 18.3 Å². The first-order valence-electron chi connectivity index (χ1n) is 7.25. The Kier molecular flexibility index (Phi) is 4.00. The van der Waals surface area contributed by atoms with E-state index in [1.807, 2.05) is 49.4 Å². The van der Waals surface area contributed by atoms with Gasteiger partial charge in [-0.25, -0.2) is 4.98 Å². The zero-order valence-corrected chi connectivity index (χ0v) is 13.0. The number of hydrogen-bond donors (Lipinski definition) is 2. The van der Waals surface area contributed by atoms with Crippen molar-refractivity contribution in [3.05, 3.63) is 59.7 Å². The predicted molar refractivity (Wildman–Crippen MR) is 92.3 cm³/mol. The van der Waals surface area contributed by atoms with Crippen molar-refractivity contribution in [1.82, 2.24) is 9.97 Å². The molecule has 0 unspecified atom stereocenters. The Morgan fingerprint density at radius 3 is 2.42 bits per heavy atom. The molecule has 0 saturated carbocycles. The summed E-state index contributed by atoms with van der Waals surface area (Å²) in [6.45, 7) is 2.00. The van der Waals surface area contributed by atoms with Crippen molar-refractivity contribution in [3.63, 3.8) is 0 Å². The van der Waals surface area contributed by atoms with Crippen LogP contribution in [-0.4, -0.2) is 9.97 Å². The van der Waals surface area contributed by atoms with Gasteiger partial charge in [0.2, 0.25) is 5.95 Å². The summed E-state index contributed by atoms with van der Waals surface area (Å²) in [4.78, 5) is 8.01. The topological polar surface area (TPSA) is 111 Å². The second-order valence-corrected chi connectivity index (χ2v) is 5.21. The second-order valence-electron chi connectivity index (χ2n) is 5.21. The van der Waals surface area contributed by atoms with E-state index in [2.05, 4.69) is 9.97 Å². The minimum Gasteiger partial charge on any atom is -0.457 e. The molecular weight excluding hydrogens is 302 g/mol. The zero-order valence-electron chi connectivity index (χ0n) is 13.0. The molecule has 6 heteroatoms. The van der Waals surface area contributed by atoms with Crippen molar-refractivity contribution in [2.45, 2.75) is 6.92 Å². The minimum atomic E-state index is 0.00615. The molecule has 118 valence electrons. The summed E-state index contributed by atoms with van der Waals surface area (Å²) in [5.74, 6) is 1.29. The molecule has 0 aliphatic carbocycles. The van der Waals surface area contributed by atoms with Crippen LogP contribution in [0.3, 0.4) is 0 Å². The molecule has 2 aromatic carbocycles. The molecule has 0 fully saturated rings. The molecule has 0 aliphatic rings. The molecule has 0 spiro atoms. The van der Waals surface area contributed by atoms with Gasteiger partial charge in [-0.3, -0.25) is 0 Å². The van der Waals surface area contributed by atoms with E-state index in [4.69, 9.17) is 16.2 Å². The van der Waals surface area contributed by atoms with Crippen LogP contribution in [0.15, 0.2) is 48.5 Å². The quantitative estimate of drug-likeness (QED) is 0.767. The van der Waals surface area contributed by atoms with Gasteiger partial charge in [0.1, 0.15) is 28.9 Å². The summed E-state index contributed by atoms with van der Waals surface area (Å²) in [6.07, 6.45) is 0. The van der Waals surface area contributed by atoms with Gasteiger partial charge in [-0.1, -0.05) is 29.8 Å². The first kappa shape index (κ1) is 15.3. The highest BCUT2D eigenvalue weighted by molar-refractivity contribution is 5.77. The first-order chi connectivity index (χ1) is 11.6. The highest BCUT2D eigenvalue weighted by Gasteiger charge is 2.17. The molecule has 1 heterocycles. The van der Waals surface area contributed by atoms with Gasteiger partial charge in [0, 0.05) is 5.56 Å². The highest BCUT2D eigenvalue weighted by Crippen LogP contribution is 2.35. The van der Waals surface area contributed by atoms with Gasteiger partial charge in [0.05, 0.1) is 5.69 Å². The second kappa shape index (κ2) is 6.26. The highest BCUT2D eigenvalue weighted by atomic mass is 16.5. The summed E-state index contributed by atoms with van der Waals surface area (Å²) in [5.41, 5.74) is 13.8. The van der Waals surface area contributed by atoms with Crippen LogP contribution in [0.2, 0.25) is 0 Å². The third-order valence-electron chi connectivity index (χ3n) is 3.46. The van der Waals surface area contributed by atoms with Gasteiger partial charge in [-0.05, 0) is 31.2 Å².